The maximum atomic E-state index is 12.8. The Morgan fingerprint density at radius 2 is 1.93 bits per heavy atom. The maximum absolute atomic E-state index is 12.8. The van der Waals surface area contributed by atoms with E-state index in [1.165, 1.54) is 25.1 Å². The predicted molar refractivity (Wildman–Crippen MR) is 111 cm³/mol. The van der Waals surface area contributed by atoms with Crippen molar-refractivity contribution in [2.24, 2.45) is 0 Å². The van der Waals surface area contributed by atoms with Crippen LogP contribution in [-0.2, 0) is 11.3 Å². The smallest absolute Gasteiger partial charge is 0.261 e. The molecule has 30 heavy (non-hydrogen) atoms. The van der Waals surface area contributed by atoms with Gasteiger partial charge in [0.1, 0.15) is 0 Å². The van der Waals surface area contributed by atoms with Crippen LogP contribution >= 0.6 is 0 Å². The van der Waals surface area contributed by atoms with Crippen molar-refractivity contribution >= 4 is 33.5 Å². The standard InChI is InChI=1S/C20H20N6O4/c1-29-16-7-14-15(8-17(16)30-2)22-11-26(20(14)28)5-3-4-18(27)24-13-6-12-9-23-25-19(12)21-10-13/h6-11H,3-5H2,1-2H3,(H,24,27)(H,21,23,25). The van der Waals surface area contributed by atoms with E-state index in [0.29, 0.717) is 46.7 Å². The first-order valence-electron chi connectivity index (χ1n) is 9.29. The molecular formula is C20H20N6O4. The number of nitrogens with one attached hydrogen (secondary N) is 2. The average Bonchev–Trinajstić information content (AvgIpc) is 3.22. The number of aryl methyl sites for hydroxylation is 1. The summed E-state index contributed by atoms with van der Waals surface area (Å²) in [4.78, 5) is 33.5. The van der Waals surface area contributed by atoms with E-state index in [0.717, 1.165) is 5.39 Å². The monoisotopic (exact) mass is 408 g/mol. The number of anilines is 1. The van der Waals surface area contributed by atoms with Gasteiger partial charge in [-0.05, 0) is 18.6 Å². The molecule has 0 aliphatic carbocycles. The highest BCUT2D eigenvalue weighted by molar-refractivity contribution is 5.92. The van der Waals surface area contributed by atoms with Gasteiger partial charge >= 0.3 is 0 Å². The highest BCUT2D eigenvalue weighted by atomic mass is 16.5. The molecule has 4 rings (SSSR count). The summed E-state index contributed by atoms with van der Waals surface area (Å²) in [6, 6.07) is 5.08. The lowest BCUT2D eigenvalue weighted by molar-refractivity contribution is -0.116. The van der Waals surface area contributed by atoms with Crippen molar-refractivity contribution in [3.8, 4) is 11.5 Å². The van der Waals surface area contributed by atoms with Crippen molar-refractivity contribution in [2.75, 3.05) is 19.5 Å². The first-order chi connectivity index (χ1) is 14.6. The van der Waals surface area contributed by atoms with E-state index in [4.69, 9.17) is 9.47 Å². The van der Waals surface area contributed by atoms with Crippen LogP contribution in [0.15, 0.2) is 41.7 Å². The third kappa shape index (κ3) is 3.79. The van der Waals surface area contributed by atoms with Crippen LogP contribution in [0.5, 0.6) is 11.5 Å². The Morgan fingerprint density at radius 1 is 1.13 bits per heavy atom. The van der Waals surface area contributed by atoms with Crippen LogP contribution in [-0.4, -0.2) is 44.9 Å². The zero-order chi connectivity index (χ0) is 21.1. The number of ether oxygens (including phenoxy) is 2. The van der Waals surface area contributed by atoms with Gasteiger partial charge in [0.25, 0.3) is 5.56 Å². The molecular weight excluding hydrogens is 388 g/mol. The molecule has 1 aromatic carbocycles. The third-order valence-corrected chi connectivity index (χ3v) is 4.71. The lowest BCUT2D eigenvalue weighted by Crippen LogP contribution is -2.22. The number of carbonyl (C=O) groups excluding carboxylic acids is 1. The molecule has 2 N–H and O–H groups in total. The van der Waals surface area contributed by atoms with Crippen molar-refractivity contribution in [3.05, 3.63) is 47.3 Å². The Kier molecular flexibility index (Phi) is 5.29. The molecule has 0 atom stereocenters. The van der Waals surface area contributed by atoms with Crippen LogP contribution in [0.2, 0.25) is 0 Å². The van der Waals surface area contributed by atoms with Crippen LogP contribution in [0.3, 0.4) is 0 Å². The van der Waals surface area contributed by atoms with Gasteiger partial charge in [-0.1, -0.05) is 0 Å². The zero-order valence-electron chi connectivity index (χ0n) is 16.5. The quantitative estimate of drug-likeness (QED) is 0.480. The minimum Gasteiger partial charge on any atom is -0.493 e. The number of nitrogens with zero attached hydrogens (tertiary/aromatic N) is 4. The Balaban J connectivity index is 1.42. The molecule has 1 amide bonds. The van der Waals surface area contributed by atoms with Gasteiger partial charge in [-0.25, -0.2) is 9.97 Å². The van der Waals surface area contributed by atoms with Crippen molar-refractivity contribution in [2.45, 2.75) is 19.4 Å². The first kappa shape index (κ1) is 19.4. The molecule has 0 unspecified atom stereocenters. The maximum Gasteiger partial charge on any atom is 0.261 e. The summed E-state index contributed by atoms with van der Waals surface area (Å²) in [6.07, 6.45) is 5.41. The average molecular weight is 408 g/mol. The minimum absolute atomic E-state index is 0.159. The van der Waals surface area contributed by atoms with E-state index in [1.807, 2.05) is 0 Å². The summed E-state index contributed by atoms with van der Waals surface area (Å²) in [5.74, 6) is 0.812. The van der Waals surface area contributed by atoms with E-state index < -0.39 is 0 Å². The minimum atomic E-state index is -0.198. The van der Waals surface area contributed by atoms with Gasteiger partial charge in [-0.15, -0.1) is 0 Å². The molecule has 154 valence electrons. The molecule has 3 aromatic heterocycles. The molecule has 0 aliphatic heterocycles. The van der Waals surface area contributed by atoms with E-state index in [1.54, 1.807) is 30.6 Å². The lowest BCUT2D eigenvalue weighted by atomic mass is 10.2. The Bertz CT molecular complexity index is 1280. The number of aromatic amines is 1. The highest BCUT2D eigenvalue weighted by Crippen LogP contribution is 2.29. The number of fused-ring (bicyclic) bond motifs is 2. The predicted octanol–water partition coefficient (Wildman–Crippen LogP) is 2.10. The van der Waals surface area contributed by atoms with Gasteiger partial charge < -0.3 is 14.8 Å². The summed E-state index contributed by atoms with van der Waals surface area (Å²) < 4.78 is 12.0. The van der Waals surface area contributed by atoms with Crippen LogP contribution in [0.25, 0.3) is 21.9 Å². The second-order valence-electron chi connectivity index (χ2n) is 6.65. The normalized spacial score (nSPS) is 11.0. The van der Waals surface area contributed by atoms with Gasteiger partial charge in [-0.2, -0.15) is 5.10 Å². The molecule has 3 heterocycles. The SMILES string of the molecule is COc1cc2ncn(CCCC(=O)Nc3cnc4[nH]ncc4c3)c(=O)c2cc1OC. The van der Waals surface area contributed by atoms with Gasteiger partial charge in [-0.3, -0.25) is 19.3 Å². The van der Waals surface area contributed by atoms with Crippen LogP contribution in [0, 0.1) is 0 Å². The number of carbonyl (C=O) groups is 1. The molecule has 0 spiro atoms. The van der Waals surface area contributed by atoms with Gasteiger partial charge in [0, 0.05) is 24.4 Å². The largest absolute Gasteiger partial charge is 0.493 e. The summed E-state index contributed by atoms with van der Waals surface area (Å²) in [5, 5.41) is 10.7. The van der Waals surface area contributed by atoms with Crippen LogP contribution in [0.4, 0.5) is 5.69 Å². The summed E-state index contributed by atoms with van der Waals surface area (Å²) >= 11 is 0. The number of rotatable bonds is 7. The Morgan fingerprint density at radius 3 is 2.73 bits per heavy atom. The summed E-state index contributed by atoms with van der Waals surface area (Å²) in [5.41, 5.74) is 1.58. The fraction of sp³-hybridized carbons (Fsp3) is 0.250. The second kappa shape index (κ2) is 8.19. The molecule has 4 aromatic rings. The summed E-state index contributed by atoms with van der Waals surface area (Å²) in [7, 11) is 3.04. The molecule has 0 radical (unpaired) electrons. The van der Waals surface area contributed by atoms with Crippen LogP contribution in [0.1, 0.15) is 12.8 Å². The fourth-order valence-corrected chi connectivity index (χ4v) is 3.18. The van der Waals surface area contributed by atoms with E-state index in [2.05, 4.69) is 25.5 Å². The number of hydrogen-bond donors (Lipinski definition) is 2. The van der Waals surface area contributed by atoms with E-state index >= 15 is 0 Å². The third-order valence-electron chi connectivity index (χ3n) is 4.71. The van der Waals surface area contributed by atoms with Crippen molar-refractivity contribution < 1.29 is 14.3 Å². The topological polar surface area (TPSA) is 124 Å². The van der Waals surface area contributed by atoms with Crippen molar-refractivity contribution in [1.82, 2.24) is 24.7 Å². The molecule has 0 aliphatic rings. The summed E-state index contributed by atoms with van der Waals surface area (Å²) in [6.45, 7) is 0.364. The van der Waals surface area contributed by atoms with Gasteiger partial charge in [0.2, 0.25) is 5.91 Å². The van der Waals surface area contributed by atoms with Gasteiger partial charge in [0.05, 0.1) is 49.5 Å². The van der Waals surface area contributed by atoms with Crippen LogP contribution < -0.4 is 20.3 Å². The fourth-order valence-electron chi connectivity index (χ4n) is 3.18. The molecule has 0 saturated heterocycles. The number of benzene rings is 1. The van der Waals surface area contributed by atoms with E-state index in [-0.39, 0.29) is 17.9 Å². The zero-order valence-corrected chi connectivity index (χ0v) is 16.5. The number of pyridine rings is 1. The van der Waals surface area contributed by atoms with Crippen molar-refractivity contribution in [3.63, 3.8) is 0 Å². The molecule has 10 heteroatoms. The molecule has 0 bridgehead atoms. The Labute approximate surface area is 170 Å². The Hall–Kier alpha value is -3.95. The molecule has 0 saturated carbocycles. The van der Waals surface area contributed by atoms with E-state index in [9.17, 15) is 9.59 Å². The lowest BCUT2D eigenvalue weighted by Gasteiger charge is -2.10. The first-order valence-corrected chi connectivity index (χ1v) is 9.29. The number of methoxy groups -OCH3 is 2. The molecule has 10 nitrogen and oxygen atoms in total. The number of amides is 1. The highest BCUT2D eigenvalue weighted by Gasteiger charge is 2.11. The number of H-pyrrole nitrogens is 1. The van der Waals surface area contributed by atoms with Crippen molar-refractivity contribution in [1.29, 1.82) is 0 Å². The molecule has 0 fully saturated rings. The number of aromatic nitrogens is 5. The second-order valence-corrected chi connectivity index (χ2v) is 6.65. The number of hydrogen-bond acceptors (Lipinski definition) is 7. The van der Waals surface area contributed by atoms with Gasteiger partial charge in [0.15, 0.2) is 17.1 Å².